The van der Waals surface area contributed by atoms with E-state index in [4.69, 9.17) is 0 Å². The van der Waals surface area contributed by atoms with Gasteiger partial charge in [0.1, 0.15) is 0 Å². The van der Waals surface area contributed by atoms with Crippen molar-refractivity contribution in [2.24, 2.45) is 0 Å². The molecular weight excluding hydrogens is 248 g/mol. The van der Waals surface area contributed by atoms with Crippen LogP contribution < -0.4 is 5.32 Å². The Morgan fingerprint density at radius 1 is 1.25 bits per heavy atom. The van der Waals surface area contributed by atoms with E-state index in [-0.39, 0.29) is 0 Å². The standard InChI is InChI=1S/C16H16N4/c1-11-10-20(16(18-11)19-13-5-6-13)15-4-2-3-12-7-8-17-9-14(12)15/h2-4,7-10,13H,5-6H2,1H3,(H,18,19). The maximum Gasteiger partial charge on any atom is 0.207 e. The first-order chi connectivity index (χ1) is 9.81. The number of rotatable bonds is 3. The lowest BCUT2D eigenvalue weighted by atomic mass is 10.1. The molecule has 0 amide bonds. The van der Waals surface area contributed by atoms with Gasteiger partial charge in [-0.25, -0.2) is 4.98 Å². The number of hydrogen-bond acceptors (Lipinski definition) is 3. The molecule has 100 valence electrons. The average Bonchev–Trinajstić information content (AvgIpc) is 3.20. The highest BCUT2D eigenvalue weighted by Gasteiger charge is 2.23. The lowest BCUT2D eigenvalue weighted by molar-refractivity contribution is 1.01. The molecule has 2 aromatic heterocycles. The monoisotopic (exact) mass is 264 g/mol. The van der Waals surface area contributed by atoms with Gasteiger partial charge in [-0.3, -0.25) is 9.55 Å². The predicted octanol–water partition coefficient (Wildman–Crippen LogP) is 3.30. The number of anilines is 1. The van der Waals surface area contributed by atoms with E-state index in [2.05, 4.69) is 44.2 Å². The van der Waals surface area contributed by atoms with Crippen molar-refractivity contribution in [1.82, 2.24) is 14.5 Å². The fourth-order valence-electron chi connectivity index (χ4n) is 2.50. The average molecular weight is 264 g/mol. The van der Waals surface area contributed by atoms with Gasteiger partial charge >= 0.3 is 0 Å². The predicted molar refractivity (Wildman–Crippen MR) is 80.2 cm³/mol. The summed E-state index contributed by atoms with van der Waals surface area (Å²) in [5, 5.41) is 5.84. The molecule has 1 N–H and O–H groups in total. The number of nitrogens with one attached hydrogen (secondary N) is 1. The third kappa shape index (κ3) is 1.93. The normalized spacial score (nSPS) is 14.7. The number of fused-ring (bicyclic) bond motifs is 1. The van der Waals surface area contributed by atoms with Crippen LogP contribution in [0.3, 0.4) is 0 Å². The van der Waals surface area contributed by atoms with Crippen molar-refractivity contribution in [3.8, 4) is 5.69 Å². The van der Waals surface area contributed by atoms with Gasteiger partial charge in [0.15, 0.2) is 0 Å². The van der Waals surface area contributed by atoms with Crippen LogP contribution in [0.1, 0.15) is 18.5 Å². The summed E-state index contributed by atoms with van der Waals surface area (Å²) in [5.74, 6) is 0.932. The Hall–Kier alpha value is -2.36. The third-order valence-corrected chi connectivity index (χ3v) is 3.66. The van der Waals surface area contributed by atoms with Crippen LogP contribution in [0.2, 0.25) is 0 Å². The van der Waals surface area contributed by atoms with Crippen LogP contribution in [0.5, 0.6) is 0 Å². The molecule has 0 spiro atoms. The molecule has 4 nitrogen and oxygen atoms in total. The number of pyridine rings is 1. The Morgan fingerprint density at radius 2 is 2.15 bits per heavy atom. The van der Waals surface area contributed by atoms with E-state index in [0.717, 1.165) is 22.7 Å². The number of aryl methyl sites for hydroxylation is 1. The number of hydrogen-bond donors (Lipinski definition) is 1. The van der Waals surface area contributed by atoms with Gasteiger partial charge in [0.25, 0.3) is 0 Å². The second-order valence-corrected chi connectivity index (χ2v) is 5.37. The summed E-state index contributed by atoms with van der Waals surface area (Å²) in [6.45, 7) is 2.03. The summed E-state index contributed by atoms with van der Waals surface area (Å²) < 4.78 is 2.14. The second-order valence-electron chi connectivity index (χ2n) is 5.37. The maximum atomic E-state index is 4.61. The summed E-state index contributed by atoms with van der Waals surface area (Å²) in [6.07, 6.45) is 8.30. The van der Waals surface area contributed by atoms with Gasteiger partial charge in [-0.1, -0.05) is 12.1 Å². The summed E-state index contributed by atoms with van der Waals surface area (Å²) in [4.78, 5) is 8.86. The van der Waals surface area contributed by atoms with Crippen LogP contribution in [0, 0.1) is 6.92 Å². The van der Waals surface area contributed by atoms with Gasteiger partial charge in [0.2, 0.25) is 5.95 Å². The molecular formula is C16H16N4. The first kappa shape index (κ1) is 11.5. The summed E-state index contributed by atoms with van der Waals surface area (Å²) in [7, 11) is 0. The topological polar surface area (TPSA) is 42.7 Å². The first-order valence-electron chi connectivity index (χ1n) is 6.97. The largest absolute Gasteiger partial charge is 0.353 e. The molecule has 1 aromatic carbocycles. The van der Waals surface area contributed by atoms with Gasteiger partial charge in [0.05, 0.1) is 11.4 Å². The van der Waals surface area contributed by atoms with Crippen molar-refractivity contribution in [1.29, 1.82) is 0 Å². The SMILES string of the molecule is Cc1cn(-c2cccc3ccncc23)c(NC2CC2)n1. The molecule has 0 aliphatic heterocycles. The minimum atomic E-state index is 0.587. The molecule has 0 radical (unpaired) electrons. The third-order valence-electron chi connectivity index (χ3n) is 3.66. The van der Waals surface area contributed by atoms with E-state index in [1.54, 1.807) is 0 Å². The fraction of sp³-hybridized carbons (Fsp3) is 0.250. The molecule has 4 heteroatoms. The Labute approximate surface area is 117 Å². The molecule has 1 fully saturated rings. The second kappa shape index (κ2) is 4.34. The van der Waals surface area contributed by atoms with E-state index >= 15 is 0 Å². The Kier molecular flexibility index (Phi) is 2.49. The van der Waals surface area contributed by atoms with E-state index in [9.17, 15) is 0 Å². The summed E-state index contributed by atoms with van der Waals surface area (Å²) in [6, 6.07) is 8.93. The Bertz CT molecular complexity index is 766. The highest BCUT2D eigenvalue weighted by atomic mass is 15.2. The van der Waals surface area contributed by atoms with Gasteiger partial charge in [-0.2, -0.15) is 0 Å². The van der Waals surface area contributed by atoms with E-state index in [1.165, 1.54) is 18.2 Å². The van der Waals surface area contributed by atoms with E-state index in [0.29, 0.717) is 6.04 Å². The molecule has 1 aliphatic rings. The van der Waals surface area contributed by atoms with Crippen LogP contribution in [0.15, 0.2) is 42.9 Å². The van der Waals surface area contributed by atoms with Gasteiger partial charge < -0.3 is 5.32 Å². The molecule has 3 aromatic rings. The van der Waals surface area contributed by atoms with Crippen LogP contribution in [0.4, 0.5) is 5.95 Å². The smallest absolute Gasteiger partial charge is 0.207 e. The number of imidazole rings is 1. The van der Waals surface area contributed by atoms with Crippen molar-refractivity contribution in [2.75, 3.05) is 5.32 Å². The number of aromatic nitrogens is 3. The molecule has 4 rings (SSSR count). The zero-order valence-corrected chi connectivity index (χ0v) is 11.4. The molecule has 1 aliphatic carbocycles. The van der Waals surface area contributed by atoms with Crippen molar-refractivity contribution in [3.05, 3.63) is 48.5 Å². The minimum absolute atomic E-state index is 0.587. The van der Waals surface area contributed by atoms with Crippen LogP contribution in [-0.4, -0.2) is 20.6 Å². The zero-order valence-electron chi connectivity index (χ0n) is 11.4. The van der Waals surface area contributed by atoms with Crippen LogP contribution >= 0.6 is 0 Å². The van der Waals surface area contributed by atoms with Crippen molar-refractivity contribution in [2.45, 2.75) is 25.8 Å². The fourth-order valence-corrected chi connectivity index (χ4v) is 2.50. The van der Waals surface area contributed by atoms with E-state index < -0.39 is 0 Å². The van der Waals surface area contributed by atoms with Gasteiger partial charge in [-0.15, -0.1) is 0 Å². The maximum absolute atomic E-state index is 4.61. The summed E-state index contributed by atoms with van der Waals surface area (Å²) in [5.41, 5.74) is 2.15. The Morgan fingerprint density at radius 3 is 3.00 bits per heavy atom. The molecule has 2 heterocycles. The zero-order chi connectivity index (χ0) is 13.5. The highest BCUT2D eigenvalue weighted by Crippen LogP contribution is 2.28. The van der Waals surface area contributed by atoms with Crippen molar-refractivity contribution in [3.63, 3.8) is 0 Å². The first-order valence-corrected chi connectivity index (χ1v) is 6.97. The molecule has 0 atom stereocenters. The van der Waals surface area contributed by atoms with Crippen LogP contribution in [-0.2, 0) is 0 Å². The molecule has 20 heavy (non-hydrogen) atoms. The number of nitrogens with zero attached hydrogens (tertiary/aromatic N) is 3. The Balaban J connectivity index is 1.90. The molecule has 0 saturated heterocycles. The molecule has 1 saturated carbocycles. The molecule has 0 unspecified atom stereocenters. The quantitative estimate of drug-likeness (QED) is 0.789. The van der Waals surface area contributed by atoms with E-state index in [1.807, 2.05) is 25.4 Å². The van der Waals surface area contributed by atoms with Gasteiger partial charge in [0, 0.05) is 30.0 Å². The summed E-state index contributed by atoms with van der Waals surface area (Å²) >= 11 is 0. The van der Waals surface area contributed by atoms with Crippen molar-refractivity contribution >= 4 is 16.7 Å². The van der Waals surface area contributed by atoms with Crippen molar-refractivity contribution < 1.29 is 0 Å². The van der Waals surface area contributed by atoms with Crippen LogP contribution in [0.25, 0.3) is 16.5 Å². The van der Waals surface area contributed by atoms with Gasteiger partial charge in [-0.05, 0) is 37.3 Å². The highest BCUT2D eigenvalue weighted by molar-refractivity contribution is 5.89. The number of benzene rings is 1. The lowest BCUT2D eigenvalue weighted by Gasteiger charge is -2.11. The lowest BCUT2D eigenvalue weighted by Crippen LogP contribution is -2.07. The minimum Gasteiger partial charge on any atom is -0.353 e. The molecule has 0 bridgehead atoms.